The number of rotatable bonds is 7. The Morgan fingerprint density at radius 2 is 1.04 bits per heavy atom. The highest BCUT2D eigenvalue weighted by molar-refractivity contribution is 8.76. The summed E-state index contributed by atoms with van der Waals surface area (Å²) >= 11 is 0. The van der Waals surface area contributed by atoms with Gasteiger partial charge in [-0.3, -0.25) is 9.59 Å². The van der Waals surface area contributed by atoms with Gasteiger partial charge < -0.3 is 9.47 Å². The van der Waals surface area contributed by atoms with E-state index >= 15 is 0 Å². The number of esters is 2. The molecule has 0 aromatic heterocycles. The van der Waals surface area contributed by atoms with Crippen molar-refractivity contribution in [3.05, 3.63) is 58.7 Å². The van der Waals surface area contributed by atoms with E-state index < -0.39 is 11.9 Å². The Morgan fingerprint density at radius 3 is 1.32 bits per heavy atom. The maximum absolute atomic E-state index is 12.1. The molecular formula is C20H18O6S2. The molecule has 146 valence electrons. The first kappa shape index (κ1) is 21.7. The minimum Gasteiger partial charge on any atom is -0.465 e. The van der Waals surface area contributed by atoms with Gasteiger partial charge in [0.2, 0.25) is 0 Å². The highest BCUT2D eigenvalue weighted by Gasteiger charge is 2.18. The highest BCUT2D eigenvalue weighted by Crippen LogP contribution is 2.41. The molecule has 2 aromatic carbocycles. The number of hydrogen-bond acceptors (Lipinski definition) is 8. The van der Waals surface area contributed by atoms with Gasteiger partial charge in [-0.2, -0.15) is 0 Å². The summed E-state index contributed by atoms with van der Waals surface area (Å²) in [7, 11) is 4.99. The van der Waals surface area contributed by atoms with Gasteiger partial charge in [0.25, 0.3) is 0 Å². The lowest BCUT2D eigenvalue weighted by molar-refractivity contribution is 0.0587. The SMILES string of the molecule is COC(=O)c1cc(C(C)=O)ccc1SSc1ccc(C(C)=O)cc1C(=O)OC. The van der Waals surface area contributed by atoms with Crippen molar-refractivity contribution in [3.8, 4) is 0 Å². The Balaban J connectivity index is 2.38. The van der Waals surface area contributed by atoms with Crippen molar-refractivity contribution < 1.29 is 28.7 Å². The molecule has 0 radical (unpaired) electrons. The van der Waals surface area contributed by atoms with E-state index in [0.29, 0.717) is 20.9 Å². The third-order valence-corrected chi connectivity index (χ3v) is 6.29. The van der Waals surface area contributed by atoms with Crippen LogP contribution in [0.4, 0.5) is 0 Å². The number of Topliss-reactive ketones (excluding diaryl/α,β-unsaturated/α-hetero) is 2. The molecule has 0 heterocycles. The van der Waals surface area contributed by atoms with Gasteiger partial charge >= 0.3 is 11.9 Å². The van der Waals surface area contributed by atoms with Gasteiger partial charge in [-0.15, -0.1) is 0 Å². The van der Waals surface area contributed by atoms with Crippen LogP contribution in [0.15, 0.2) is 46.2 Å². The average Bonchev–Trinajstić information content (AvgIpc) is 2.70. The molecule has 0 atom stereocenters. The Bertz CT molecular complexity index is 874. The summed E-state index contributed by atoms with van der Waals surface area (Å²) in [4.78, 5) is 48.5. The monoisotopic (exact) mass is 418 g/mol. The molecule has 28 heavy (non-hydrogen) atoms. The Hall–Kier alpha value is -2.58. The molecule has 0 unspecified atom stereocenters. The molecular weight excluding hydrogens is 400 g/mol. The number of ketones is 2. The van der Waals surface area contributed by atoms with Gasteiger partial charge in [0.05, 0.1) is 25.3 Å². The molecule has 2 rings (SSSR count). The minimum atomic E-state index is -0.564. The lowest BCUT2D eigenvalue weighted by Gasteiger charge is -2.11. The lowest BCUT2D eigenvalue weighted by Crippen LogP contribution is -2.06. The summed E-state index contributed by atoms with van der Waals surface area (Å²) in [5, 5.41) is 0. The van der Waals surface area contributed by atoms with Crippen LogP contribution >= 0.6 is 21.6 Å². The number of benzene rings is 2. The molecule has 0 N–H and O–H groups in total. The van der Waals surface area contributed by atoms with Gasteiger partial charge in [0.1, 0.15) is 0 Å². The summed E-state index contributed by atoms with van der Waals surface area (Å²) < 4.78 is 9.60. The number of hydrogen-bond donors (Lipinski definition) is 0. The van der Waals surface area contributed by atoms with Crippen LogP contribution in [-0.4, -0.2) is 37.7 Å². The molecule has 0 amide bonds. The van der Waals surface area contributed by atoms with E-state index in [0.717, 1.165) is 0 Å². The molecule has 0 fully saturated rings. The predicted molar refractivity (Wildman–Crippen MR) is 107 cm³/mol. The average molecular weight is 418 g/mol. The number of carbonyl (C=O) groups excluding carboxylic acids is 4. The van der Waals surface area contributed by atoms with Crippen molar-refractivity contribution in [2.24, 2.45) is 0 Å². The molecule has 0 bridgehead atoms. The molecule has 0 spiro atoms. The molecule has 0 aliphatic carbocycles. The lowest BCUT2D eigenvalue weighted by atomic mass is 10.1. The maximum atomic E-state index is 12.1. The second-order valence-electron chi connectivity index (χ2n) is 5.68. The summed E-state index contributed by atoms with van der Waals surface area (Å²) in [5.41, 5.74) is 1.31. The summed E-state index contributed by atoms with van der Waals surface area (Å²) in [6, 6.07) is 9.52. The van der Waals surface area contributed by atoms with E-state index in [1.807, 2.05) is 0 Å². The highest BCUT2D eigenvalue weighted by atomic mass is 33.1. The Morgan fingerprint density at radius 1 is 0.679 bits per heavy atom. The third kappa shape index (κ3) is 5.02. The molecule has 2 aromatic rings. The summed E-state index contributed by atoms with van der Waals surface area (Å²) in [6.45, 7) is 2.83. The molecule has 0 saturated carbocycles. The summed E-state index contributed by atoms with van der Waals surface area (Å²) in [5.74, 6) is -1.46. The fourth-order valence-corrected chi connectivity index (χ4v) is 4.57. The van der Waals surface area contributed by atoms with Crippen molar-refractivity contribution in [2.75, 3.05) is 14.2 Å². The summed E-state index contributed by atoms with van der Waals surface area (Å²) in [6.07, 6.45) is 0. The molecule has 6 nitrogen and oxygen atoms in total. The maximum Gasteiger partial charge on any atom is 0.339 e. The Labute approximate surface area is 170 Å². The first-order valence-electron chi connectivity index (χ1n) is 8.09. The molecule has 0 aliphatic rings. The quantitative estimate of drug-likeness (QED) is 0.370. The van der Waals surface area contributed by atoms with Crippen LogP contribution in [0.5, 0.6) is 0 Å². The first-order chi connectivity index (χ1) is 13.3. The second-order valence-corrected chi connectivity index (χ2v) is 7.90. The largest absolute Gasteiger partial charge is 0.465 e. The standard InChI is InChI=1S/C20H18O6S2/c1-11(21)13-5-7-17(15(9-13)19(23)25-3)27-28-18-8-6-14(12(2)22)10-16(18)20(24)26-4/h5-10H,1-4H3. The van der Waals surface area contributed by atoms with Crippen LogP contribution in [0, 0.1) is 0 Å². The van der Waals surface area contributed by atoms with Gasteiger partial charge in [-0.05, 0) is 38.1 Å². The predicted octanol–water partition coefficient (Wildman–Crippen LogP) is 4.46. The van der Waals surface area contributed by atoms with Crippen molar-refractivity contribution >= 4 is 45.1 Å². The second kappa shape index (κ2) is 9.57. The van der Waals surface area contributed by atoms with E-state index in [4.69, 9.17) is 9.47 Å². The van der Waals surface area contributed by atoms with Crippen LogP contribution in [0.1, 0.15) is 55.3 Å². The number of carbonyl (C=O) groups is 4. The number of ether oxygens (including phenoxy) is 2. The normalized spacial score (nSPS) is 10.3. The van der Waals surface area contributed by atoms with Crippen molar-refractivity contribution in [3.63, 3.8) is 0 Å². The minimum absolute atomic E-state index is 0.165. The zero-order chi connectivity index (χ0) is 20.8. The van der Waals surface area contributed by atoms with E-state index in [-0.39, 0.29) is 22.7 Å². The van der Waals surface area contributed by atoms with Crippen molar-refractivity contribution in [1.82, 2.24) is 0 Å². The van der Waals surface area contributed by atoms with Crippen LogP contribution in [0.3, 0.4) is 0 Å². The molecule has 8 heteroatoms. The zero-order valence-electron chi connectivity index (χ0n) is 15.7. The van der Waals surface area contributed by atoms with Crippen molar-refractivity contribution in [1.29, 1.82) is 0 Å². The topological polar surface area (TPSA) is 86.7 Å². The van der Waals surface area contributed by atoms with E-state index in [9.17, 15) is 19.2 Å². The van der Waals surface area contributed by atoms with Gasteiger partial charge in [0, 0.05) is 20.9 Å². The first-order valence-corrected chi connectivity index (χ1v) is 10.2. The fraction of sp³-hybridized carbons (Fsp3) is 0.200. The van der Waals surface area contributed by atoms with E-state index in [2.05, 4.69) is 0 Å². The number of methoxy groups -OCH3 is 2. The van der Waals surface area contributed by atoms with E-state index in [1.54, 1.807) is 24.3 Å². The van der Waals surface area contributed by atoms with Gasteiger partial charge in [0.15, 0.2) is 11.6 Å². The van der Waals surface area contributed by atoms with Crippen LogP contribution < -0.4 is 0 Å². The smallest absolute Gasteiger partial charge is 0.339 e. The van der Waals surface area contributed by atoms with Crippen LogP contribution in [0.25, 0.3) is 0 Å². The Kier molecular flexibility index (Phi) is 7.42. The third-order valence-electron chi connectivity index (χ3n) is 3.80. The van der Waals surface area contributed by atoms with Crippen LogP contribution in [0.2, 0.25) is 0 Å². The van der Waals surface area contributed by atoms with Crippen molar-refractivity contribution in [2.45, 2.75) is 23.6 Å². The van der Waals surface area contributed by atoms with E-state index in [1.165, 1.54) is 61.8 Å². The van der Waals surface area contributed by atoms with Gasteiger partial charge in [-0.1, -0.05) is 33.7 Å². The fourth-order valence-electron chi connectivity index (χ4n) is 2.27. The molecule has 0 saturated heterocycles. The van der Waals surface area contributed by atoms with Crippen LogP contribution in [-0.2, 0) is 9.47 Å². The van der Waals surface area contributed by atoms with Gasteiger partial charge in [-0.25, -0.2) is 9.59 Å². The molecule has 0 aliphatic heterocycles. The zero-order valence-corrected chi connectivity index (χ0v) is 17.4.